The van der Waals surface area contributed by atoms with E-state index in [1.165, 1.54) is 6.08 Å². The number of allylic oxidation sites excluding steroid dienone is 3. The van der Waals surface area contributed by atoms with Crippen LogP contribution in [0.4, 0.5) is 0 Å². The first kappa shape index (κ1) is 7.93. The van der Waals surface area contributed by atoms with Crippen molar-refractivity contribution >= 4 is 6.29 Å². The largest absolute Gasteiger partial charge is 0.299 e. The molecule has 0 aromatic carbocycles. The van der Waals surface area contributed by atoms with Crippen molar-refractivity contribution in [3.05, 3.63) is 30.0 Å². The van der Waals surface area contributed by atoms with Crippen LogP contribution >= 0.6 is 0 Å². The summed E-state index contributed by atoms with van der Waals surface area (Å²) in [4.78, 5) is 9.69. The molecule has 0 atom stereocenters. The van der Waals surface area contributed by atoms with Gasteiger partial charge in [0, 0.05) is 0 Å². The second kappa shape index (κ2) is 6.93. The van der Waals surface area contributed by atoms with Crippen molar-refractivity contribution in [1.29, 1.82) is 0 Å². The van der Waals surface area contributed by atoms with Gasteiger partial charge in [0.2, 0.25) is 0 Å². The van der Waals surface area contributed by atoms with E-state index in [4.69, 9.17) is 0 Å². The average molecular weight is 122 g/mol. The van der Waals surface area contributed by atoms with Crippen molar-refractivity contribution in [3.8, 4) is 0 Å². The molecule has 0 bridgehead atoms. The second-order valence-electron chi connectivity index (χ2n) is 1.47. The molecule has 0 heterocycles. The highest BCUT2D eigenvalue weighted by Gasteiger charge is 1.58. The number of aldehydes is 1. The van der Waals surface area contributed by atoms with Gasteiger partial charge in [-0.15, -0.1) is 5.73 Å². The molecule has 1 nitrogen and oxygen atoms in total. The molecule has 0 aliphatic rings. The van der Waals surface area contributed by atoms with Crippen LogP contribution in [0.15, 0.2) is 30.0 Å². The summed E-state index contributed by atoms with van der Waals surface area (Å²) < 4.78 is 0. The fraction of sp³-hybridized carbons (Fsp3) is 0.250. The van der Waals surface area contributed by atoms with Crippen LogP contribution < -0.4 is 0 Å². The summed E-state index contributed by atoms with van der Waals surface area (Å²) in [7, 11) is 0. The van der Waals surface area contributed by atoms with E-state index < -0.39 is 0 Å². The number of hydrogen-bond donors (Lipinski definition) is 0. The minimum Gasteiger partial charge on any atom is -0.299 e. The predicted octanol–water partition coefficient (Wildman–Crippen LogP) is 1.86. The van der Waals surface area contributed by atoms with E-state index in [0.717, 1.165) is 12.7 Å². The van der Waals surface area contributed by atoms with E-state index in [1.807, 2.05) is 13.0 Å². The normalized spacial score (nSPS) is 8.56. The summed E-state index contributed by atoms with van der Waals surface area (Å²) >= 11 is 0. The molecule has 0 radical (unpaired) electrons. The lowest BCUT2D eigenvalue weighted by atomic mass is 10.4. The number of carbonyl (C=O) groups is 1. The zero-order valence-corrected chi connectivity index (χ0v) is 5.50. The van der Waals surface area contributed by atoms with Crippen molar-refractivity contribution in [2.75, 3.05) is 0 Å². The van der Waals surface area contributed by atoms with Gasteiger partial charge >= 0.3 is 0 Å². The lowest BCUT2D eigenvalue weighted by Crippen LogP contribution is -1.54. The van der Waals surface area contributed by atoms with Crippen LogP contribution in [0.5, 0.6) is 0 Å². The number of rotatable bonds is 3. The van der Waals surface area contributed by atoms with Crippen LogP contribution in [-0.4, -0.2) is 6.29 Å². The molecule has 48 valence electrons. The standard InChI is InChI=1S/C8H10O/c1-2-3-4-5-6-7-8-9/h3,5-8H,2H2,1H3. The van der Waals surface area contributed by atoms with Gasteiger partial charge in [0.05, 0.1) is 0 Å². The Morgan fingerprint density at radius 3 is 2.78 bits per heavy atom. The van der Waals surface area contributed by atoms with Crippen LogP contribution in [0.25, 0.3) is 0 Å². The van der Waals surface area contributed by atoms with Crippen LogP contribution in [0.1, 0.15) is 13.3 Å². The molecule has 0 aliphatic carbocycles. The summed E-state index contributed by atoms with van der Waals surface area (Å²) in [6.07, 6.45) is 8.40. The lowest BCUT2D eigenvalue weighted by molar-refractivity contribution is -0.104. The van der Waals surface area contributed by atoms with Crippen LogP contribution in [0.3, 0.4) is 0 Å². The van der Waals surface area contributed by atoms with Crippen LogP contribution in [0.2, 0.25) is 0 Å². The zero-order valence-electron chi connectivity index (χ0n) is 5.50. The first-order chi connectivity index (χ1) is 4.41. The Hall–Kier alpha value is -1.07. The molecule has 1 heteroatoms. The van der Waals surface area contributed by atoms with E-state index in [2.05, 4.69) is 5.73 Å². The molecule has 0 rings (SSSR count). The Morgan fingerprint density at radius 1 is 1.44 bits per heavy atom. The number of carbonyl (C=O) groups excluding carboxylic acids is 1. The highest BCUT2D eigenvalue weighted by atomic mass is 16.1. The molecule has 9 heavy (non-hydrogen) atoms. The van der Waals surface area contributed by atoms with Crippen molar-refractivity contribution in [2.24, 2.45) is 0 Å². The van der Waals surface area contributed by atoms with Gasteiger partial charge in [-0.2, -0.15) is 0 Å². The van der Waals surface area contributed by atoms with Crippen molar-refractivity contribution in [2.45, 2.75) is 13.3 Å². The summed E-state index contributed by atoms with van der Waals surface area (Å²) in [6, 6.07) is 0. The molecule has 0 aliphatic heterocycles. The summed E-state index contributed by atoms with van der Waals surface area (Å²) in [5.41, 5.74) is 2.87. The maximum Gasteiger partial charge on any atom is 0.142 e. The Balaban J connectivity index is 3.58. The predicted molar refractivity (Wildman–Crippen MR) is 38.1 cm³/mol. The van der Waals surface area contributed by atoms with Gasteiger partial charge in [-0.1, -0.05) is 13.0 Å². The topological polar surface area (TPSA) is 17.1 Å². The molecule has 0 saturated heterocycles. The zero-order chi connectivity index (χ0) is 6.95. The average Bonchev–Trinajstić information content (AvgIpc) is 1.89. The molecule has 0 amide bonds. The third kappa shape index (κ3) is 6.93. The maximum absolute atomic E-state index is 9.69. The van der Waals surface area contributed by atoms with Gasteiger partial charge in [-0.3, -0.25) is 4.79 Å². The van der Waals surface area contributed by atoms with Gasteiger partial charge in [0.15, 0.2) is 0 Å². The molecular formula is C8H10O. The van der Waals surface area contributed by atoms with Gasteiger partial charge in [0.25, 0.3) is 0 Å². The molecule has 0 aromatic rings. The lowest BCUT2D eigenvalue weighted by Gasteiger charge is -1.66. The fourth-order valence-corrected chi connectivity index (χ4v) is 0.342. The highest BCUT2D eigenvalue weighted by molar-refractivity contribution is 5.65. The van der Waals surface area contributed by atoms with E-state index in [1.54, 1.807) is 12.2 Å². The van der Waals surface area contributed by atoms with E-state index >= 15 is 0 Å². The SMILES string of the molecule is CCC=C=CC=CC=O. The Labute approximate surface area is 55.4 Å². The van der Waals surface area contributed by atoms with Crippen LogP contribution in [0, 0.1) is 0 Å². The molecule has 0 saturated carbocycles. The monoisotopic (exact) mass is 122 g/mol. The third-order valence-electron chi connectivity index (χ3n) is 0.704. The minimum absolute atomic E-state index is 0.740. The third-order valence-corrected chi connectivity index (χ3v) is 0.704. The van der Waals surface area contributed by atoms with Crippen molar-refractivity contribution < 1.29 is 4.79 Å². The summed E-state index contributed by atoms with van der Waals surface area (Å²) in [6.45, 7) is 2.03. The van der Waals surface area contributed by atoms with Gasteiger partial charge < -0.3 is 0 Å². The van der Waals surface area contributed by atoms with E-state index in [9.17, 15) is 4.79 Å². The van der Waals surface area contributed by atoms with Crippen molar-refractivity contribution in [1.82, 2.24) is 0 Å². The molecule has 0 N–H and O–H groups in total. The minimum atomic E-state index is 0.740. The highest BCUT2D eigenvalue weighted by Crippen LogP contribution is 1.75. The van der Waals surface area contributed by atoms with Gasteiger partial charge in [-0.05, 0) is 24.6 Å². The second-order valence-corrected chi connectivity index (χ2v) is 1.47. The Kier molecular flexibility index (Phi) is 6.11. The number of hydrogen-bond acceptors (Lipinski definition) is 1. The maximum atomic E-state index is 9.69. The molecule has 0 fully saturated rings. The molecular weight excluding hydrogens is 112 g/mol. The first-order valence-electron chi connectivity index (χ1n) is 2.93. The Bertz CT molecular complexity index is 148. The molecule has 0 aromatic heterocycles. The van der Waals surface area contributed by atoms with Gasteiger partial charge in [-0.25, -0.2) is 0 Å². The smallest absolute Gasteiger partial charge is 0.142 e. The van der Waals surface area contributed by atoms with Gasteiger partial charge in [0.1, 0.15) is 6.29 Å². The van der Waals surface area contributed by atoms with E-state index in [0.29, 0.717) is 0 Å². The molecule has 0 spiro atoms. The van der Waals surface area contributed by atoms with Crippen molar-refractivity contribution in [3.63, 3.8) is 0 Å². The van der Waals surface area contributed by atoms with Crippen LogP contribution in [-0.2, 0) is 4.79 Å². The first-order valence-corrected chi connectivity index (χ1v) is 2.93. The molecule has 0 unspecified atom stereocenters. The van der Waals surface area contributed by atoms with E-state index in [-0.39, 0.29) is 0 Å². The fourth-order valence-electron chi connectivity index (χ4n) is 0.342. The quantitative estimate of drug-likeness (QED) is 0.242. The Morgan fingerprint density at radius 2 is 2.22 bits per heavy atom. The summed E-state index contributed by atoms with van der Waals surface area (Å²) in [5.74, 6) is 0. The summed E-state index contributed by atoms with van der Waals surface area (Å²) in [5, 5.41) is 0.